The normalized spacial score (nSPS) is 10.6. The summed E-state index contributed by atoms with van der Waals surface area (Å²) in [6, 6.07) is 8.68. The van der Waals surface area contributed by atoms with Gasteiger partial charge < -0.3 is 19.5 Å². The second-order valence-corrected chi connectivity index (χ2v) is 6.17. The number of carbonyl (C=O) groups excluding carboxylic acids is 1. The van der Waals surface area contributed by atoms with Gasteiger partial charge in [-0.25, -0.2) is 0 Å². The van der Waals surface area contributed by atoms with E-state index in [1.807, 2.05) is 0 Å². The van der Waals surface area contributed by atoms with Gasteiger partial charge in [0.2, 0.25) is 11.7 Å². The molecule has 2 aromatic rings. The third-order valence-electron chi connectivity index (χ3n) is 3.30. The highest BCUT2D eigenvalue weighted by molar-refractivity contribution is 9.10. The summed E-state index contributed by atoms with van der Waals surface area (Å²) in [6.07, 6.45) is 3.07. The molecule has 2 rings (SSSR count). The molecule has 0 radical (unpaired) electrons. The van der Waals surface area contributed by atoms with Gasteiger partial charge in [-0.2, -0.15) is 0 Å². The molecule has 0 aromatic heterocycles. The van der Waals surface area contributed by atoms with Crippen LogP contribution in [-0.2, 0) is 4.79 Å². The van der Waals surface area contributed by atoms with Gasteiger partial charge in [-0.05, 0) is 57.9 Å². The number of amides is 1. The van der Waals surface area contributed by atoms with Crippen LogP contribution in [0.2, 0.25) is 5.02 Å². The molecule has 0 fully saturated rings. The second-order valence-electron chi connectivity index (χ2n) is 4.91. The third kappa shape index (κ3) is 4.90. The SMILES string of the molecule is COc1cc(/C=C/C(=O)Nc2ccc(Br)c(Cl)c2)cc(OC)c1OC. The van der Waals surface area contributed by atoms with Crippen LogP contribution in [0.4, 0.5) is 5.69 Å². The highest BCUT2D eigenvalue weighted by atomic mass is 79.9. The molecule has 0 aliphatic carbocycles. The Hall–Kier alpha value is -2.18. The predicted molar refractivity (Wildman–Crippen MR) is 103 cm³/mol. The van der Waals surface area contributed by atoms with E-state index >= 15 is 0 Å². The quantitative estimate of drug-likeness (QED) is 0.675. The van der Waals surface area contributed by atoms with Crippen LogP contribution in [0.5, 0.6) is 17.2 Å². The van der Waals surface area contributed by atoms with Crippen LogP contribution in [0, 0.1) is 0 Å². The first-order valence-electron chi connectivity index (χ1n) is 7.22. The molecular formula is C18H17BrClNO4. The maximum atomic E-state index is 12.1. The monoisotopic (exact) mass is 425 g/mol. The number of benzene rings is 2. The summed E-state index contributed by atoms with van der Waals surface area (Å²) < 4.78 is 16.6. The zero-order valence-corrected chi connectivity index (χ0v) is 16.3. The molecule has 0 heterocycles. The number of hydrogen-bond donors (Lipinski definition) is 1. The Kier molecular flexibility index (Phi) is 6.73. The molecule has 5 nitrogen and oxygen atoms in total. The lowest BCUT2D eigenvalue weighted by atomic mass is 10.1. The van der Waals surface area contributed by atoms with Crippen molar-refractivity contribution in [1.29, 1.82) is 0 Å². The molecule has 1 N–H and O–H groups in total. The Bertz CT molecular complexity index is 783. The van der Waals surface area contributed by atoms with Gasteiger partial charge in [-0.1, -0.05) is 11.6 Å². The number of carbonyl (C=O) groups is 1. The molecule has 0 aliphatic rings. The molecule has 25 heavy (non-hydrogen) atoms. The molecule has 0 bridgehead atoms. The van der Waals surface area contributed by atoms with Crippen molar-refractivity contribution in [3.8, 4) is 17.2 Å². The Morgan fingerprint density at radius 3 is 2.24 bits per heavy atom. The minimum absolute atomic E-state index is 0.285. The topological polar surface area (TPSA) is 56.8 Å². The molecule has 132 valence electrons. The molecule has 0 unspecified atom stereocenters. The number of nitrogens with one attached hydrogen (secondary N) is 1. The number of rotatable bonds is 6. The Morgan fingerprint density at radius 2 is 1.72 bits per heavy atom. The van der Waals surface area contributed by atoms with Gasteiger partial charge >= 0.3 is 0 Å². The van der Waals surface area contributed by atoms with E-state index in [4.69, 9.17) is 25.8 Å². The number of hydrogen-bond acceptors (Lipinski definition) is 4. The second kappa shape index (κ2) is 8.78. The van der Waals surface area contributed by atoms with Crippen LogP contribution in [0.25, 0.3) is 6.08 Å². The summed E-state index contributed by atoms with van der Waals surface area (Å²) in [7, 11) is 4.61. The van der Waals surface area contributed by atoms with Crippen molar-refractivity contribution < 1.29 is 19.0 Å². The average Bonchev–Trinajstić information content (AvgIpc) is 2.62. The summed E-state index contributed by atoms with van der Waals surface area (Å²) >= 11 is 9.31. The number of halogens is 2. The van der Waals surface area contributed by atoms with Gasteiger partial charge in [0.15, 0.2) is 11.5 Å². The minimum Gasteiger partial charge on any atom is -0.493 e. The van der Waals surface area contributed by atoms with Crippen molar-refractivity contribution in [2.24, 2.45) is 0 Å². The maximum absolute atomic E-state index is 12.1. The highest BCUT2D eigenvalue weighted by Gasteiger charge is 2.12. The molecule has 0 saturated heterocycles. The first kappa shape index (κ1) is 19.1. The van der Waals surface area contributed by atoms with Gasteiger partial charge in [-0.3, -0.25) is 4.79 Å². The van der Waals surface area contributed by atoms with Crippen molar-refractivity contribution in [2.75, 3.05) is 26.6 Å². The van der Waals surface area contributed by atoms with Gasteiger partial charge in [0.05, 0.1) is 26.4 Å². The van der Waals surface area contributed by atoms with Crippen LogP contribution in [0.1, 0.15) is 5.56 Å². The molecule has 0 spiro atoms. The predicted octanol–water partition coefficient (Wildman–Crippen LogP) is 4.78. The number of ether oxygens (including phenoxy) is 3. The van der Waals surface area contributed by atoms with E-state index in [0.29, 0.717) is 28.0 Å². The number of anilines is 1. The van der Waals surface area contributed by atoms with E-state index in [9.17, 15) is 4.79 Å². The smallest absolute Gasteiger partial charge is 0.248 e. The Balaban J connectivity index is 2.17. The fourth-order valence-electron chi connectivity index (χ4n) is 2.13. The van der Waals surface area contributed by atoms with Crippen LogP contribution in [0.15, 0.2) is 40.9 Å². The standard InChI is InChI=1S/C18H17BrClNO4/c1-23-15-8-11(9-16(24-2)18(15)25-3)4-7-17(22)21-12-5-6-13(19)14(20)10-12/h4-10H,1-3H3,(H,21,22)/b7-4+. The first-order valence-corrected chi connectivity index (χ1v) is 8.39. The Labute approximate surface area is 159 Å². The molecule has 0 aliphatic heterocycles. The van der Waals surface area contributed by atoms with Gasteiger partial charge in [0.25, 0.3) is 0 Å². The largest absolute Gasteiger partial charge is 0.493 e. The van der Waals surface area contributed by atoms with E-state index in [-0.39, 0.29) is 5.91 Å². The summed E-state index contributed by atoms with van der Waals surface area (Å²) in [5.41, 5.74) is 1.34. The molecule has 0 saturated carbocycles. The lowest BCUT2D eigenvalue weighted by Crippen LogP contribution is -2.07. The van der Waals surface area contributed by atoms with Crippen LogP contribution in [-0.4, -0.2) is 27.2 Å². The van der Waals surface area contributed by atoms with Crippen molar-refractivity contribution >= 4 is 45.2 Å². The highest BCUT2D eigenvalue weighted by Crippen LogP contribution is 2.38. The van der Waals surface area contributed by atoms with E-state index in [1.165, 1.54) is 27.4 Å². The fourth-order valence-corrected chi connectivity index (χ4v) is 2.55. The third-order valence-corrected chi connectivity index (χ3v) is 4.53. The van der Waals surface area contributed by atoms with Crippen molar-refractivity contribution in [1.82, 2.24) is 0 Å². The zero-order valence-electron chi connectivity index (χ0n) is 13.9. The summed E-state index contributed by atoms with van der Waals surface area (Å²) in [5.74, 6) is 1.24. The van der Waals surface area contributed by atoms with E-state index in [0.717, 1.165) is 10.0 Å². The van der Waals surface area contributed by atoms with E-state index in [2.05, 4.69) is 21.2 Å². The van der Waals surface area contributed by atoms with Gasteiger partial charge in [0.1, 0.15) is 0 Å². The summed E-state index contributed by atoms with van der Waals surface area (Å²) in [4.78, 5) is 12.1. The van der Waals surface area contributed by atoms with E-state index in [1.54, 1.807) is 36.4 Å². The van der Waals surface area contributed by atoms with Crippen LogP contribution >= 0.6 is 27.5 Å². The average molecular weight is 427 g/mol. The lowest BCUT2D eigenvalue weighted by molar-refractivity contribution is -0.111. The molecule has 0 atom stereocenters. The van der Waals surface area contributed by atoms with Crippen LogP contribution < -0.4 is 19.5 Å². The summed E-state index contributed by atoms with van der Waals surface area (Å²) in [6.45, 7) is 0. The van der Waals surface area contributed by atoms with E-state index < -0.39 is 0 Å². The van der Waals surface area contributed by atoms with Gasteiger partial charge in [-0.15, -0.1) is 0 Å². The van der Waals surface area contributed by atoms with Gasteiger partial charge in [0, 0.05) is 16.2 Å². The molecule has 7 heteroatoms. The first-order chi connectivity index (χ1) is 12.0. The molecule has 2 aromatic carbocycles. The zero-order chi connectivity index (χ0) is 18.4. The van der Waals surface area contributed by atoms with Crippen LogP contribution in [0.3, 0.4) is 0 Å². The summed E-state index contributed by atoms with van der Waals surface area (Å²) in [5, 5.41) is 3.26. The van der Waals surface area contributed by atoms with Crippen molar-refractivity contribution in [3.63, 3.8) is 0 Å². The Morgan fingerprint density at radius 1 is 1.08 bits per heavy atom. The maximum Gasteiger partial charge on any atom is 0.248 e. The van der Waals surface area contributed by atoms with Crippen molar-refractivity contribution in [2.45, 2.75) is 0 Å². The fraction of sp³-hybridized carbons (Fsp3) is 0.167. The lowest BCUT2D eigenvalue weighted by Gasteiger charge is -2.12. The molecular weight excluding hydrogens is 410 g/mol. The van der Waals surface area contributed by atoms with Crippen molar-refractivity contribution in [3.05, 3.63) is 51.5 Å². The molecule has 1 amide bonds. The number of methoxy groups -OCH3 is 3. The minimum atomic E-state index is -0.285.